The van der Waals surface area contributed by atoms with E-state index in [2.05, 4.69) is 51.6 Å². The van der Waals surface area contributed by atoms with E-state index in [0.717, 1.165) is 16.7 Å². The number of hydrogen-bond donors (Lipinski definition) is 1. The van der Waals surface area contributed by atoms with Gasteiger partial charge in [0.15, 0.2) is 6.23 Å². The first-order valence-corrected chi connectivity index (χ1v) is 18.3. The number of hydrogen-bond acceptors (Lipinski definition) is 7. The van der Waals surface area contributed by atoms with Crippen LogP contribution in [0.25, 0.3) is 0 Å². The minimum atomic E-state index is -3.63. The first kappa shape index (κ1) is 34.5. The summed E-state index contributed by atoms with van der Waals surface area (Å²) < 4.78 is 28.1. The van der Waals surface area contributed by atoms with E-state index in [0.29, 0.717) is 12.1 Å². The number of anilines is 1. The molecule has 1 saturated heterocycles. The van der Waals surface area contributed by atoms with Crippen molar-refractivity contribution < 1.29 is 18.6 Å². The van der Waals surface area contributed by atoms with Gasteiger partial charge in [-0.05, 0) is 60.2 Å². The van der Waals surface area contributed by atoms with Crippen molar-refractivity contribution in [2.45, 2.75) is 17.9 Å². The van der Waals surface area contributed by atoms with Gasteiger partial charge in [0.2, 0.25) is 0 Å². The molecule has 10 nitrogen and oxygen atoms in total. The molecule has 2 heterocycles. The Morgan fingerprint density at radius 3 is 1.88 bits per heavy atom. The Kier molecular flexibility index (Phi) is 10.6. The SMILES string of the molecule is CN(C)[P@@](=O)(Cl)OC[C@@H]1CN(C(c2ccccc2)(c2ccccc2)c2ccccc2)C[C@H](n2ccc(NC(=O)c3ccccc3)nc2=O)O1. The van der Waals surface area contributed by atoms with Gasteiger partial charge in [-0.2, -0.15) is 4.98 Å². The number of benzene rings is 4. The molecule has 0 aliphatic carbocycles. The monoisotopic (exact) mass is 697 g/mol. The average Bonchev–Trinajstić information content (AvgIpc) is 3.13. The highest BCUT2D eigenvalue weighted by Gasteiger charge is 2.47. The normalized spacial score (nSPS) is 18.1. The number of aromatic nitrogens is 2. The fourth-order valence-electron chi connectivity index (χ4n) is 6.19. The highest BCUT2D eigenvalue weighted by Crippen LogP contribution is 2.54. The maximum absolute atomic E-state index is 13.6. The maximum Gasteiger partial charge on any atom is 0.362 e. The van der Waals surface area contributed by atoms with Gasteiger partial charge >= 0.3 is 12.6 Å². The second-order valence-corrected chi connectivity index (χ2v) is 15.1. The van der Waals surface area contributed by atoms with Crippen molar-refractivity contribution in [1.29, 1.82) is 0 Å². The van der Waals surface area contributed by atoms with E-state index >= 15 is 0 Å². The van der Waals surface area contributed by atoms with Gasteiger partial charge in [0.05, 0.1) is 18.2 Å². The van der Waals surface area contributed by atoms with Crippen LogP contribution in [0, 0.1) is 0 Å². The molecular weight excluding hydrogens is 661 g/mol. The van der Waals surface area contributed by atoms with Crippen LogP contribution in [0.2, 0.25) is 0 Å². The summed E-state index contributed by atoms with van der Waals surface area (Å²) in [6, 6.07) is 40.8. The van der Waals surface area contributed by atoms with Crippen molar-refractivity contribution in [3.63, 3.8) is 0 Å². The molecule has 0 saturated carbocycles. The number of rotatable bonds is 11. The van der Waals surface area contributed by atoms with E-state index in [-0.39, 0.29) is 24.9 Å². The van der Waals surface area contributed by atoms with Gasteiger partial charge in [-0.1, -0.05) is 109 Å². The molecule has 49 heavy (non-hydrogen) atoms. The lowest BCUT2D eigenvalue weighted by atomic mass is 9.75. The zero-order chi connectivity index (χ0) is 34.4. The third kappa shape index (κ3) is 7.45. The third-order valence-corrected chi connectivity index (χ3v) is 11.1. The molecule has 1 aliphatic heterocycles. The van der Waals surface area contributed by atoms with Crippen LogP contribution < -0.4 is 11.0 Å². The Bertz CT molecular complexity index is 1870. The van der Waals surface area contributed by atoms with Crippen LogP contribution in [0.3, 0.4) is 0 Å². The van der Waals surface area contributed by atoms with E-state index in [1.54, 1.807) is 50.6 Å². The zero-order valence-electron chi connectivity index (χ0n) is 27.1. The molecule has 1 fully saturated rings. The molecule has 1 aromatic heterocycles. The fourth-order valence-corrected chi connectivity index (χ4v) is 6.94. The molecule has 6 rings (SSSR count). The Morgan fingerprint density at radius 1 is 0.878 bits per heavy atom. The molecule has 252 valence electrons. The van der Waals surface area contributed by atoms with Gasteiger partial charge in [-0.3, -0.25) is 18.8 Å². The van der Waals surface area contributed by atoms with Crippen LogP contribution in [-0.4, -0.2) is 64.9 Å². The van der Waals surface area contributed by atoms with Crippen molar-refractivity contribution in [2.24, 2.45) is 0 Å². The van der Waals surface area contributed by atoms with Gasteiger partial charge in [0.25, 0.3) is 5.91 Å². The Labute approximate surface area is 290 Å². The largest absolute Gasteiger partial charge is 0.362 e. The number of nitrogens with one attached hydrogen (secondary N) is 1. The van der Waals surface area contributed by atoms with Gasteiger partial charge < -0.3 is 14.6 Å². The van der Waals surface area contributed by atoms with E-state index in [4.69, 9.17) is 20.5 Å². The van der Waals surface area contributed by atoms with Crippen molar-refractivity contribution in [3.8, 4) is 0 Å². The second kappa shape index (κ2) is 15.0. The lowest BCUT2D eigenvalue weighted by molar-refractivity contribution is -0.148. The standard InChI is InChI=1S/C37H37ClN5O5P/c1-41(2)49(38,46)47-27-32-25-42(26-34(48-32)43-24-23-33(40-36(43)45)39-35(44)28-15-7-3-8-16-28)37(29-17-9-4-10-18-29,30-19-11-5-12-20-30)31-21-13-6-14-22-31/h3-24,32,34H,25-27H2,1-2H3,(H,39,40,44,45)/t32-,34+,49+/m0/s1. The second-order valence-electron chi connectivity index (χ2n) is 11.8. The molecule has 1 aliphatic rings. The minimum Gasteiger partial charge on any atom is -0.350 e. The van der Waals surface area contributed by atoms with Crippen LogP contribution in [0.4, 0.5) is 5.82 Å². The van der Waals surface area contributed by atoms with Crippen LogP contribution in [-0.2, 0) is 19.4 Å². The van der Waals surface area contributed by atoms with Gasteiger partial charge in [0, 0.05) is 24.8 Å². The number of carbonyl (C=O) groups is 1. The summed E-state index contributed by atoms with van der Waals surface area (Å²) in [4.78, 5) is 32.9. The molecule has 3 atom stereocenters. The van der Waals surface area contributed by atoms with Gasteiger partial charge in [-0.15, -0.1) is 0 Å². The predicted octanol–water partition coefficient (Wildman–Crippen LogP) is 6.61. The molecule has 1 N–H and O–H groups in total. The first-order valence-electron chi connectivity index (χ1n) is 15.8. The molecule has 0 bridgehead atoms. The summed E-state index contributed by atoms with van der Waals surface area (Å²) in [7, 11) is 3.17. The lowest BCUT2D eigenvalue weighted by Crippen LogP contribution is -2.58. The Hall–Kier alpha value is -4.41. The van der Waals surface area contributed by atoms with Gasteiger partial charge in [-0.25, -0.2) is 9.46 Å². The van der Waals surface area contributed by atoms with Crippen molar-refractivity contribution in [2.75, 3.05) is 39.1 Å². The quantitative estimate of drug-likeness (QED) is 0.121. The third-order valence-electron chi connectivity index (χ3n) is 8.51. The zero-order valence-corrected chi connectivity index (χ0v) is 28.8. The minimum absolute atomic E-state index is 0.103. The Morgan fingerprint density at radius 2 is 1.39 bits per heavy atom. The van der Waals surface area contributed by atoms with Crippen molar-refractivity contribution in [1.82, 2.24) is 19.1 Å². The van der Waals surface area contributed by atoms with Crippen LogP contribution in [0.15, 0.2) is 138 Å². The highest BCUT2D eigenvalue weighted by molar-refractivity contribution is 7.83. The summed E-state index contributed by atoms with van der Waals surface area (Å²) >= 11 is 6.28. The topological polar surface area (TPSA) is 106 Å². The molecule has 0 radical (unpaired) electrons. The number of morpholine rings is 1. The predicted molar refractivity (Wildman–Crippen MR) is 191 cm³/mol. The van der Waals surface area contributed by atoms with E-state index in [1.807, 2.05) is 60.7 Å². The van der Waals surface area contributed by atoms with Crippen LogP contribution in [0.1, 0.15) is 33.3 Å². The van der Waals surface area contributed by atoms with E-state index in [1.165, 1.54) is 9.24 Å². The van der Waals surface area contributed by atoms with Gasteiger partial charge in [0.1, 0.15) is 5.82 Å². The smallest absolute Gasteiger partial charge is 0.350 e. The number of nitrogens with zero attached hydrogens (tertiary/aromatic N) is 4. The lowest BCUT2D eigenvalue weighted by Gasteiger charge is -2.50. The number of ether oxygens (including phenoxy) is 1. The first-order chi connectivity index (χ1) is 23.7. The molecule has 12 heteroatoms. The summed E-state index contributed by atoms with van der Waals surface area (Å²) in [5.41, 5.74) is 2.02. The molecule has 0 unspecified atom stereocenters. The number of amides is 1. The number of halogens is 1. The van der Waals surface area contributed by atoms with Crippen molar-refractivity contribution in [3.05, 3.63) is 166 Å². The number of carbonyl (C=O) groups excluding carboxylic acids is 1. The highest BCUT2D eigenvalue weighted by atomic mass is 35.7. The summed E-state index contributed by atoms with van der Waals surface area (Å²) in [5, 5.41) is 2.70. The maximum atomic E-state index is 13.6. The fraction of sp³-hybridized carbons (Fsp3) is 0.216. The molecule has 5 aromatic rings. The molecule has 0 spiro atoms. The van der Waals surface area contributed by atoms with Crippen LogP contribution in [0.5, 0.6) is 0 Å². The van der Waals surface area contributed by atoms with E-state index in [9.17, 15) is 14.2 Å². The Balaban J connectivity index is 1.43. The van der Waals surface area contributed by atoms with Crippen LogP contribution >= 0.6 is 18.1 Å². The average molecular weight is 698 g/mol. The molecular formula is C37H37ClN5O5P. The summed E-state index contributed by atoms with van der Waals surface area (Å²) in [6.45, 7) is -3.13. The molecule has 1 amide bonds. The van der Waals surface area contributed by atoms with E-state index < -0.39 is 30.4 Å². The summed E-state index contributed by atoms with van der Waals surface area (Å²) in [5.74, 6) is -0.267. The summed E-state index contributed by atoms with van der Waals surface area (Å²) in [6.07, 6.45) is 0.0558. The molecule has 4 aromatic carbocycles. The van der Waals surface area contributed by atoms with Crippen molar-refractivity contribution >= 4 is 29.8 Å².